The highest BCUT2D eigenvalue weighted by Gasteiger charge is 2.18. The Bertz CT molecular complexity index is 1180. The van der Waals surface area contributed by atoms with Crippen molar-refractivity contribution in [3.05, 3.63) is 84.7 Å². The molecule has 1 heterocycles. The lowest BCUT2D eigenvalue weighted by atomic mass is 10.2. The number of rotatable bonds is 7. The van der Waals surface area contributed by atoms with Gasteiger partial charge in [0.1, 0.15) is 5.82 Å². The molecule has 4 rings (SSSR count). The summed E-state index contributed by atoms with van der Waals surface area (Å²) in [5.74, 6) is 0.626. The number of carbonyl (C=O) groups is 1. The number of methoxy groups -OCH3 is 1. The van der Waals surface area contributed by atoms with Crippen molar-refractivity contribution in [2.45, 2.75) is 5.16 Å². The molecule has 3 aromatic carbocycles. The minimum atomic E-state index is -0.444. The smallest absolute Gasteiger partial charge is 0.321 e. The molecule has 0 aliphatic carbocycles. The number of thioether (sulfide) groups is 1. The Morgan fingerprint density at radius 2 is 1.61 bits per heavy atom. The van der Waals surface area contributed by atoms with Gasteiger partial charge in [0.15, 0.2) is 22.5 Å². The molecule has 156 valence electrons. The molecule has 0 aliphatic heterocycles. The second-order valence-electron chi connectivity index (χ2n) is 6.40. The summed E-state index contributed by atoms with van der Waals surface area (Å²) >= 11 is 1.20. The molecule has 1 aromatic heterocycles. The van der Waals surface area contributed by atoms with Gasteiger partial charge in [0.05, 0.1) is 12.9 Å². The Labute approximate surface area is 182 Å². The Hall–Kier alpha value is -3.65. The molecule has 0 saturated carbocycles. The second-order valence-corrected chi connectivity index (χ2v) is 7.34. The third kappa shape index (κ3) is 4.75. The van der Waals surface area contributed by atoms with E-state index in [0.29, 0.717) is 28.0 Å². The van der Waals surface area contributed by atoms with E-state index in [2.05, 4.69) is 10.2 Å². The maximum absolute atomic E-state index is 13.4. The van der Waals surface area contributed by atoms with Gasteiger partial charge in [-0.3, -0.25) is 9.36 Å². The third-order valence-electron chi connectivity index (χ3n) is 4.36. The Kier molecular flexibility index (Phi) is 6.28. The largest absolute Gasteiger partial charge is 0.493 e. The van der Waals surface area contributed by atoms with E-state index in [4.69, 9.17) is 9.47 Å². The van der Waals surface area contributed by atoms with E-state index < -0.39 is 5.97 Å². The molecule has 0 saturated heterocycles. The lowest BCUT2D eigenvalue weighted by Gasteiger charge is -2.11. The molecule has 0 N–H and O–H groups in total. The lowest BCUT2D eigenvalue weighted by Crippen LogP contribution is -2.12. The SMILES string of the molecule is COc1ccccc1OC(=O)CSc1nnc(-c2ccc(F)cc2)n1-c1ccccc1. The van der Waals surface area contributed by atoms with Crippen molar-refractivity contribution < 1.29 is 18.7 Å². The van der Waals surface area contributed by atoms with Crippen LogP contribution in [0.3, 0.4) is 0 Å². The summed E-state index contributed by atoms with van der Waals surface area (Å²) in [6, 6.07) is 22.5. The molecule has 0 spiro atoms. The van der Waals surface area contributed by atoms with Crippen molar-refractivity contribution in [2.75, 3.05) is 12.9 Å². The highest BCUT2D eigenvalue weighted by molar-refractivity contribution is 7.99. The zero-order chi connectivity index (χ0) is 21.6. The summed E-state index contributed by atoms with van der Waals surface area (Å²) in [6.07, 6.45) is 0. The summed E-state index contributed by atoms with van der Waals surface area (Å²) in [7, 11) is 1.51. The minimum Gasteiger partial charge on any atom is -0.493 e. The third-order valence-corrected chi connectivity index (χ3v) is 5.26. The molecule has 4 aromatic rings. The molecule has 0 amide bonds. The van der Waals surface area contributed by atoms with Gasteiger partial charge in [-0.2, -0.15) is 0 Å². The quantitative estimate of drug-likeness (QED) is 0.236. The molecule has 0 aliphatic rings. The zero-order valence-electron chi connectivity index (χ0n) is 16.6. The number of halogens is 1. The van der Waals surface area contributed by atoms with Gasteiger partial charge in [0.2, 0.25) is 0 Å². The number of hydrogen-bond acceptors (Lipinski definition) is 6. The van der Waals surface area contributed by atoms with Crippen LogP contribution < -0.4 is 9.47 Å². The fraction of sp³-hybridized carbons (Fsp3) is 0.0870. The molecule has 0 fully saturated rings. The van der Waals surface area contributed by atoms with E-state index in [9.17, 15) is 9.18 Å². The van der Waals surface area contributed by atoms with Crippen LogP contribution in [-0.4, -0.2) is 33.6 Å². The first-order chi connectivity index (χ1) is 15.2. The number of esters is 1. The van der Waals surface area contributed by atoms with Crippen molar-refractivity contribution in [3.63, 3.8) is 0 Å². The fourth-order valence-corrected chi connectivity index (χ4v) is 3.66. The molecule has 31 heavy (non-hydrogen) atoms. The van der Waals surface area contributed by atoms with Gasteiger partial charge in [-0.15, -0.1) is 10.2 Å². The van der Waals surface area contributed by atoms with E-state index in [1.807, 2.05) is 34.9 Å². The van der Waals surface area contributed by atoms with Gasteiger partial charge in [0, 0.05) is 11.3 Å². The van der Waals surface area contributed by atoms with Crippen molar-refractivity contribution in [2.24, 2.45) is 0 Å². The minimum absolute atomic E-state index is 0.0203. The predicted octanol–water partition coefficient (Wildman–Crippen LogP) is 4.78. The first kappa shape index (κ1) is 20.6. The molecule has 6 nitrogen and oxygen atoms in total. The van der Waals surface area contributed by atoms with E-state index >= 15 is 0 Å². The lowest BCUT2D eigenvalue weighted by molar-refractivity contribution is -0.131. The Morgan fingerprint density at radius 3 is 2.32 bits per heavy atom. The van der Waals surface area contributed by atoms with Crippen LogP contribution in [0, 0.1) is 5.82 Å². The summed E-state index contributed by atoms with van der Waals surface area (Å²) in [5, 5.41) is 9.05. The van der Waals surface area contributed by atoms with Gasteiger partial charge in [0.25, 0.3) is 0 Å². The summed E-state index contributed by atoms with van der Waals surface area (Å²) in [5.41, 5.74) is 1.54. The van der Waals surface area contributed by atoms with Gasteiger partial charge in [-0.05, 0) is 48.5 Å². The van der Waals surface area contributed by atoms with E-state index in [1.54, 1.807) is 36.4 Å². The highest BCUT2D eigenvalue weighted by atomic mass is 32.2. The first-order valence-corrected chi connectivity index (χ1v) is 10.4. The molecule has 0 atom stereocenters. The Morgan fingerprint density at radius 1 is 0.935 bits per heavy atom. The van der Waals surface area contributed by atoms with Crippen molar-refractivity contribution >= 4 is 17.7 Å². The number of nitrogens with zero attached hydrogens (tertiary/aromatic N) is 3. The van der Waals surface area contributed by atoms with Gasteiger partial charge >= 0.3 is 5.97 Å². The maximum atomic E-state index is 13.4. The predicted molar refractivity (Wildman–Crippen MR) is 116 cm³/mol. The van der Waals surface area contributed by atoms with Crippen molar-refractivity contribution in [3.8, 4) is 28.6 Å². The molecule has 0 unspecified atom stereocenters. The maximum Gasteiger partial charge on any atom is 0.321 e. The zero-order valence-corrected chi connectivity index (χ0v) is 17.4. The molecular weight excluding hydrogens is 417 g/mol. The van der Waals surface area contributed by atoms with Crippen LogP contribution in [0.25, 0.3) is 17.1 Å². The van der Waals surface area contributed by atoms with Gasteiger partial charge in [-0.25, -0.2) is 4.39 Å². The number of ether oxygens (including phenoxy) is 2. The number of para-hydroxylation sites is 3. The van der Waals surface area contributed by atoms with E-state index in [0.717, 1.165) is 5.69 Å². The van der Waals surface area contributed by atoms with Crippen molar-refractivity contribution in [1.82, 2.24) is 14.8 Å². The van der Waals surface area contributed by atoms with Crippen LogP contribution in [0.4, 0.5) is 4.39 Å². The fourth-order valence-electron chi connectivity index (χ4n) is 2.94. The van der Waals surface area contributed by atoms with Crippen LogP contribution in [0.1, 0.15) is 0 Å². The average molecular weight is 435 g/mol. The Balaban J connectivity index is 1.58. The van der Waals surface area contributed by atoms with Crippen LogP contribution in [0.15, 0.2) is 84.0 Å². The van der Waals surface area contributed by atoms with E-state index in [1.165, 1.54) is 31.0 Å². The van der Waals surface area contributed by atoms with Crippen LogP contribution >= 0.6 is 11.8 Å². The number of aromatic nitrogens is 3. The second kappa shape index (κ2) is 9.44. The summed E-state index contributed by atoms with van der Waals surface area (Å²) < 4.78 is 25.8. The standard InChI is InChI=1S/C23H18FN3O3S/c1-29-19-9-5-6-10-20(19)30-21(28)15-31-23-26-25-22(16-11-13-17(24)14-12-16)27(23)18-7-3-2-4-8-18/h2-14H,15H2,1H3. The molecular formula is C23H18FN3O3S. The normalized spacial score (nSPS) is 10.6. The van der Waals surface area contributed by atoms with Crippen LogP contribution in [0.2, 0.25) is 0 Å². The molecule has 0 radical (unpaired) electrons. The van der Waals surface area contributed by atoms with Gasteiger partial charge in [-0.1, -0.05) is 42.1 Å². The summed E-state index contributed by atoms with van der Waals surface area (Å²) in [4.78, 5) is 12.4. The molecule has 8 heteroatoms. The topological polar surface area (TPSA) is 66.2 Å². The first-order valence-electron chi connectivity index (χ1n) is 9.39. The monoisotopic (exact) mass is 435 g/mol. The highest BCUT2D eigenvalue weighted by Crippen LogP contribution is 2.29. The van der Waals surface area contributed by atoms with Crippen LogP contribution in [0.5, 0.6) is 11.5 Å². The number of hydrogen-bond donors (Lipinski definition) is 0. The number of benzene rings is 3. The average Bonchev–Trinajstić information content (AvgIpc) is 3.23. The molecule has 0 bridgehead atoms. The van der Waals surface area contributed by atoms with Crippen molar-refractivity contribution in [1.29, 1.82) is 0 Å². The van der Waals surface area contributed by atoms with Crippen LogP contribution in [-0.2, 0) is 4.79 Å². The van der Waals surface area contributed by atoms with E-state index in [-0.39, 0.29) is 11.6 Å². The van der Waals surface area contributed by atoms with Gasteiger partial charge < -0.3 is 9.47 Å². The summed E-state index contributed by atoms with van der Waals surface area (Å²) in [6.45, 7) is 0. The number of carbonyl (C=O) groups excluding carboxylic acids is 1.